The molecule has 0 aliphatic heterocycles. The summed E-state index contributed by atoms with van der Waals surface area (Å²) in [6.07, 6.45) is 2.83. The Labute approximate surface area is 84.8 Å². The van der Waals surface area contributed by atoms with Crippen LogP contribution in [0.25, 0.3) is 11.3 Å². The molecule has 0 aliphatic carbocycles. The summed E-state index contributed by atoms with van der Waals surface area (Å²) in [5.74, 6) is 0. The van der Waals surface area contributed by atoms with Crippen LogP contribution in [0.1, 0.15) is 0 Å². The number of benzene rings is 1. The summed E-state index contributed by atoms with van der Waals surface area (Å²) >= 11 is 0. The van der Waals surface area contributed by atoms with Crippen LogP contribution in [0.3, 0.4) is 0 Å². The van der Waals surface area contributed by atoms with Crippen LogP contribution >= 0.6 is 0 Å². The highest BCUT2D eigenvalue weighted by molar-refractivity contribution is 5.59. The lowest BCUT2D eigenvalue weighted by molar-refractivity contribution is -0.384. The third-order valence-electron chi connectivity index (χ3n) is 1.87. The van der Waals surface area contributed by atoms with Crippen molar-refractivity contribution >= 4 is 5.69 Å². The van der Waals surface area contributed by atoms with Gasteiger partial charge in [-0.25, -0.2) is 4.98 Å². The van der Waals surface area contributed by atoms with Gasteiger partial charge in [-0.15, -0.1) is 5.10 Å². The molecule has 0 atom stereocenters. The van der Waals surface area contributed by atoms with E-state index in [0.29, 0.717) is 5.69 Å². The van der Waals surface area contributed by atoms with E-state index in [9.17, 15) is 10.1 Å². The average Bonchev–Trinajstić information content (AvgIpc) is 2.30. The molecule has 1 aromatic carbocycles. The molecule has 0 bridgehead atoms. The first-order valence-corrected chi connectivity index (χ1v) is 4.15. The van der Waals surface area contributed by atoms with Crippen molar-refractivity contribution in [1.82, 2.24) is 15.2 Å². The standard InChI is InChI=1S/C9H6N4O2/c14-13(15)8-3-1-7(2-4-8)9-5-11-12-6-10-9/h1-6H. The second-order valence-electron chi connectivity index (χ2n) is 2.79. The molecule has 0 amide bonds. The van der Waals surface area contributed by atoms with Crippen LogP contribution in [0, 0.1) is 10.1 Å². The summed E-state index contributed by atoms with van der Waals surface area (Å²) in [5.41, 5.74) is 1.47. The molecule has 74 valence electrons. The molecule has 1 aromatic heterocycles. The van der Waals surface area contributed by atoms with Crippen LogP contribution < -0.4 is 0 Å². The highest BCUT2D eigenvalue weighted by Crippen LogP contribution is 2.19. The molecule has 2 rings (SSSR count). The lowest BCUT2D eigenvalue weighted by Gasteiger charge is -1.97. The van der Waals surface area contributed by atoms with Gasteiger partial charge in [0.15, 0.2) is 0 Å². The molecule has 0 aliphatic rings. The highest BCUT2D eigenvalue weighted by atomic mass is 16.6. The van der Waals surface area contributed by atoms with Crippen molar-refractivity contribution in [3.8, 4) is 11.3 Å². The van der Waals surface area contributed by atoms with Crippen LogP contribution in [-0.4, -0.2) is 20.1 Å². The lowest BCUT2D eigenvalue weighted by Crippen LogP contribution is -1.89. The van der Waals surface area contributed by atoms with Crippen molar-refractivity contribution in [2.45, 2.75) is 0 Å². The Balaban J connectivity index is 2.36. The fourth-order valence-corrected chi connectivity index (χ4v) is 1.14. The first kappa shape index (κ1) is 9.20. The van der Waals surface area contributed by atoms with E-state index in [1.54, 1.807) is 12.1 Å². The molecule has 6 nitrogen and oxygen atoms in total. The van der Waals surface area contributed by atoms with E-state index in [1.807, 2.05) is 0 Å². The summed E-state index contributed by atoms with van der Waals surface area (Å²) in [7, 11) is 0. The average molecular weight is 202 g/mol. The van der Waals surface area contributed by atoms with Gasteiger partial charge < -0.3 is 0 Å². The molecule has 0 fully saturated rings. The normalized spacial score (nSPS) is 9.87. The van der Waals surface area contributed by atoms with E-state index in [0.717, 1.165) is 5.56 Å². The van der Waals surface area contributed by atoms with E-state index < -0.39 is 4.92 Å². The maximum atomic E-state index is 10.4. The van der Waals surface area contributed by atoms with Crippen LogP contribution in [-0.2, 0) is 0 Å². The van der Waals surface area contributed by atoms with Crippen LogP contribution in [0.15, 0.2) is 36.8 Å². The fourth-order valence-electron chi connectivity index (χ4n) is 1.14. The van der Waals surface area contributed by atoms with Gasteiger partial charge in [-0.2, -0.15) is 5.10 Å². The van der Waals surface area contributed by atoms with Gasteiger partial charge in [0.25, 0.3) is 5.69 Å². The number of nitrogens with zero attached hydrogens (tertiary/aromatic N) is 4. The molecular formula is C9H6N4O2. The Morgan fingerprint density at radius 2 is 1.87 bits per heavy atom. The summed E-state index contributed by atoms with van der Waals surface area (Å²) in [6, 6.07) is 6.11. The van der Waals surface area contributed by atoms with Crippen molar-refractivity contribution < 1.29 is 4.92 Å². The van der Waals surface area contributed by atoms with Crippen LogP contribution in [0.4, 0.5) is 5.69 Å². The first-order chi connectivity index (χ1) is 7.27. The Morgan fingerprint density at radius 1 is 1.13 bits per heavy atom. The van der Waals surface area contributed by atoms with Gasteiger partial charge in [-0.3, -0.25) is 10.1 Å². The molecule has 0 saturated heterocycles. The van der Waals surface area contributed by atoms with Crippen LogP contribution in [0.5, 0.6) is 0 Å². The minimum atomic E-state index is -0.442. The zero-order valence-corrected chi connectivity index (χ0v) is 7.57. The quantitative estimate of drug-likeness (QED) is 0.543. The van der Waals surface area contributed by atoms with Crippen molar-refractivity contribution in [3.63, 3.8) is 0 Å². The van der Waals surface area contributed by atoms with Crippen LogP contribution in [0.2, 0.25) is 0 Å². The predicted octanol–water partition coefficient (Wildman–Crippen LogP) is 1.45. The third kappa shape index (κ3) is 1.93. The number of non-ortho nitro benzene ring substituents is 1. The lowest BCUT2D eigenvalue weighted by atomic mass is 10.1. The molecule has 0 radical (unpaired) electrons. The second-order valence-corrected chi connectivity index (χ2v) is 2.79. The van der Waals surface area contributed by atoms with E-state index in [-0.39, 0.29) is 5.69 Å². The van der Waals surface area contributed by atoms with E-state index in [2.05, 4.69) is 15.2 Å². The molecule has 0 N–H and O–H groups in total. The van der Waals surface area contributed by atoms with Crippen molar-refractivity contribution in [2.75, 3.05) is 0 Å². The molecule has 6 heteroatoms. The zero-order chi connectivity index (χ0) is 10.7. The van der Waals surface area contributed by atoms with E-state index >= 15 is 0 Å². The van der Waals surface area contributed by atoms with Crippen molar-refractivity contribution in [1.29, 1.82) is 0 Å². The van der Waals surface area contributed by atoms with Crippen molar-refractivity contribution in [2.24, 2.45) is 0 Å². The van der Waals surface area contributed by atoms with Crippen molar-refractivity contribution in [3.05, 3.63) is 46.9 Å². The molecule has 1 heterocycles. The molecule has 0 unspecified atom stereocenters. The number of nitro groups is 1. The SMILES string of the molecule is O=[N+]([O-])c1ccc(-c2cnncn2)cc1. The number of nitro benzene ring substituents is 1. The summed E-state index contributed by atoms with van der Waals surface area (Å²) in [6.45, 7) is 0. The largest absolute Gasteiger partial charge is 0.269 e. The summed E-state index contributed by atoms with van der Waals surface area (Å²) in [4.78, 5) is 14.0. The third-order valence-corrected chi connectivity index (χ3v) is 1.87. The topological polar surface area (TPSA) is 81.8 Å². The Hall–Kier alpha value is -2.37. The second kappa shape index (κ2) is 3.79. The van der Waals surface area contributed by atoms with E-state index in [4.69, 9.17) is 0 Å². The minimum absolute atomic E-state index is 0.0563. The molecule has 0 spiro atoms. The smallest absolute Gasteiger partial charge is 0.258 e. The van der Waals surface area contributed by atoms with Gasteiger partial charge in [0, 0.05) is 17.7 Å². The molecular weight excluding hydrogens is 196 g/mol. The predicted molar refractivity (Wildman–Crippen MR) is 51.9 cm³/mol. The van der Waals surface area contributed by atoms with Gasteiger partial charge in [-0.05, 0) is 12.1 Å². The molecule has 15 heavy (non-hydrogen) atoms. The van der Waals surface area contributed by atoms with E-state index in [1.165, 1.54) is 24.7 Å². The number of rotatable bonds is 2. The Morgan fingerprint density at radius 3 is 2.40 bits per heavy atom. The number of aromatic nitrogens is 3. The number of hydrogen-bond acceptors (Lipinski definition) is 5. The minimum Gasteiger partial charge on any atom is -0.258 e. The van der Waals surface area contributed by atoms with Gasteiger partial charge in [-0.1, -0.05) is 0 Å². The van der Waals surface area contributed by atoms with Gasteiger partial charge in [0.05, 0.1) is 16.8 Å². The summed E-state index contributed by atoms with van der Waals surface area (Å²) in [5, 5.41) is 17.6. The van der Waals surface area contributed by atoms with Gasteiger partial charge in [0.1, 0.15) is 6.33 Å². The monoisotopic (exact) mass is 202 g/mol. The molecule has 2 aromatic rings. The maximum absolute atomic E-state index is 10.4. The first-order valence-electron chi connectivity index (χ1n) is 4.15. The number of hydrogen-bond donors (Lipinski definition) is 0. The van der Waals surface area contributed by atoms with Gasteiger partial charge in [0.2, 0.25) is 0 Å². The highest BCUT2D eigenvalue weighted by Gasteiger charge is 2.05. The Bertz CT molecular complexity index is 469. The van der Waals surface area contributed by atoms with Gasteiger partial charge >= 0.3 is 0 Å². The zero-order valence-electron chi connectivity index (χ0n) is 7.57. The Kier molecular flexibility index (Phi) is 2.32. The summed E-state index contributed by atoms with van der Waals surface area (Å²) < 4.78 is 0. The maximum Gasteiger partial charge on any atom is 0.269 e. The molecule has 0 saturated carbocycles. The fraction of sp³-hybridized carbons (Fsp3) is 0.